The van der Waals surface area contributed by atoms with E-state index in [0.29, 0.717) is 12.1 Å². The molecule has 1 aromatic carbocycles. The molecule has 11 heteroatoms. The van der Waals surface area contributed by atoms with Gasteiger partial charge >= 0.3 is 5.69 Å². The molecule has 1 fully saturated rings. The second kappa shape index (κ2) is 8.43. The van der Waals surface area contributed by atoms with Crippen molar-refractivity contribution < 1.29 is 14.7 Å². The van der Waals surface area contributed by atoms with Crippen LogP contribution < -0.4 is 11.2 Å². The Balaban J connectivity index is 1.73. The van der Waals surface area contributed by atoms with Crippen molar-refractivity contribution in [2.75, 3.05) is 13.2 Å². The van der Waals surface area contributed by atoms with E-state index >= 15 is 0 Å². The lowest BCUT2D eigenvalue weighted by molar-refractivity contribution is -0.0801. The normalized spacial score (nSPS) is 18.4. The second-order valence-electron chi connectivity index (χ2n) is 9.70. The number of nitrogens with zero attached hydrogens (tertiary/aromatic N) is 5. The fourth-order valence-electron chi connectivity index (χ4n) is 4.39. The van der Waals surface area contributed by atoms with Crippen molar-refractivity contribution in [1.29, 1.82) is 0 Å². The first-order valence-corrected chi connectivity index (χ1v) is 12.2. The zero-order chi connectivity index (χ0) is 25.1. The van der Waals surface area contributed by atoms with Gasteiger partial charge in [0.25, 0.3) is 11.5 Å². The van der Waals surface area contributed by atoms with Gasteiger partial charge in [0.1, 0.15) is 22.9 Å². The first kappa shape index (κ1) is 23.5. The van der Waals surface area contributed by atoms with E-state index in [9.17, 15) is 19.5 Å². The van der Waals surface area contributed by atoms with Crippen LogP contribution in [-0.2, 0) is 25.0 Å². The molecule has 1 amide bonds. The summed E-state index contributed by atoms with van der Waals surface area (Å²) in [6, 6.07) is 7.75. The van der Waals surface area contributed by atoms with Crippen LogP contribution in [0.2, 0.25) is 0 Å². The van der Waals surface area contributed by atoms with Crippen molar-refractivity contribution in [1.82, 2.24) is 23.7 Å². The van der Waals surface area contributed by atoms with E-state index in [4.69, 9.17) is 4.84 Å². The maximum Gasteiger partial charge on any atom is 0.331 e. The molecule has 1 N–H and O–H groups in total. The fraction of sp³-hybridized carbons (Fsp3) is 0.417. The molecule has 0 saturated carbocycles. The van der Waals surface area contributed by atoms with Gasteiger partial charge in [-0.1, -0.05) is 26.0 Å². The Morgan fingerprint density at radius 1 is 1.29 bits per heavy atom. The number of amides is 1. The molecule has 0 aliphatic carbocycles. The minimum atomic E-state index is -1.19. The van der Waals surface area contributed by atoms with Crippen molar-refractivity contribution >= 4 is 38.4 Å². The van der Waals surface area contributed by atoms with E-state index in [1.54, 1.807) is 17.7 Å². The van der Waals surface area contributed by atoms with Crippen LogP contribution in [-0.4, -0.2) is 53.5 Å². The van der Waals surface area contributed by atoms with E-state index in [1.165, 1.54) is 23.0 Å². The van der Waals surface area contributed by atoms with Crippen molar-refractivity contribution in [3.8, 4) is 0 Å². The average Bonchev–Trinajstić information content (AvgIpc) is 3.49. The Kier molecular flexibility index (Phi) is 5.65. The standard InChI is InChI=1S/C24H27N5O5S/c1-14(2)9-28-16-10-27(11-18-25-15-7-5-6-8-17(15)35-18)20(19(16)21(30)26(4)23(28)32)22(31)29-12-24(3,33)13-34-29/h5-8,10,14,33H,9,11-13H2,1-4H3. The van der Waals surface area contributed by atoms with Crippen LogP contribution in [0.5, 0.6) is 0 Å². The fourth-order valence-corrected chi connectivity index (χ4v) is 5.36. The molecule has 10 nitrogen and oxygen atoms in total. The Labute approximate surface area is 204 Å². The molecule has 35 heavy (non-hydrogen) atoms. The lowest BCUT2D eigenvalue weighted by atomic mass is 10.1. The first-order valence-electron chi connectivity index (χ1n) is 11.4. The third-order valence-electron chi connectivity index (χ3n) is 6.02. The molecule has 1 unspecified atom stereocenters. The number of hydrogen-bond donors (Lipinski definition) is 1. The summed E-state index contributed by atoms with van der Waals surface area (Å²) in [5, 5.41) is 12.3. The highest BCUT2D eigenvalue weighted by Gasteiger charge is 2.38. The summed E-state index contributed by atoms with van der Waals surface area (Å²) in [7, 11) is 1.41. The third kappa shape index (κ3) is 4.09. The van der Waals surface area contributed by atoms with E-state index in [1.807, 2.05) is 38.1 Å². The lowest BCUT2D eigenvalue weighted by Gasteiger charge is -2.17. The number of aromatic nitrogens is 4. The van der Waals surface area contributed by atoms with Gasteiger partial charge in [-0.25, -0.2) is 14.8 Å². The van der Waals surface area contributed by atoms with E-state index in [-0.39, 0.29) is 36.7 Å². The highest BCUT2D eigenvalue weighted by Crippen LogP contribution is 2.27. The third-order valence-corrected chi connectivity index (χ3v) is 7.04. The molecule has 0 bridgehead atoms. The summed E-state index contributed by atoms with van der Waals surface area (Å²) in [6.45, 7) is 6.09. The highest BCUT2D eigenvalue weighted by molar-refractivity contribution is 7.18. The highest BCUT2D eigenvalue weighted by atomic mass is 32.1. The van der Waals surface area contributed by atoms with E-state index < -0.39 is 22.8 Å². The van der Waals surface area contributed by atoms with Gasteiger partial charge in [0.05, 0.1) is 34.2 Å². The molecule has 1 saturated heterocycles. The van der Waals surface area contributed by atoms with Crippen LogP contribution in [0.4, 0.5) is 0 Å². The van der Waals surface area contributed by atoms with Gasteiger partial charge in [0, 0.05) is 19.8 Å². The zero-order valence-corrected chi connectivity index (χ0v) is 20.8. The molecular formula is C24H27N5O5S. The van der Waals surface area contributed by atoms with Crippen LogP contribution in [0.15, 0.2) is 40.1 Å². The largest absolute Gasteiger partial charge is 0.386 e. The van der Waals surface area contributed by atoms with Crippen molar-refractivity contribution in [3.05, 3.63) is 62.0 Å². The minimum absolute atomic E-state index is 0.0361. The van der Waals surface area contributed by atoms with Crippen LogP contribution in [0.3, 0.4) is 0 Å². The molecule has 5 rings (SSSR count). The first-order chi connectivity index (χ1) is 16.6. The predicted octanol–water partition coefficient (Wildman–Crippen LogP) is 1.95. The number of carbonyl (C=O) groups is 1. The molecule has 184 valence electrons. The van der Waals surface area contributed by atoms with Crippen LogP contribution in [0, 0.1) is 5.92 Å². The number of rotatable bonds is 5. The molecule has 1 aliphatic rings. The van der Waals surface area contributed by atoms with Crippen molar-refractivity contribution in [2.45, 2.75) is 39.5 Å². The van der Waals surface area contributed by atoms with Crippen LogP contribution in [0.1, 0.15) is 36.3 Å². The SMILES string of the molecule is CC(C)Cn1c(=O)n(C)c(=O)c2c(C(=O)N3CC(C)(O)CO3)n(Cc3nc4ccccc4s3)cc21. The molecule has 3 aromatic heterocycles. The van der Waals surface area contributed by atoms with Crippen LogP contribution >= 0.6 is 11.3 Å². The van der Waals surface area contributed by atoms with Gasteiger partial charge in [-0.2, -0.15) is 0 Å². The summed E-state index contributed by atoms with van der Waals surface area (Å²) >= 11 is 1.50. The summed E-state index contributed by atoms with van der Waals surface area (Å²) in [5.74, 6) is -0.414. The van der Waals surface area contributed by atoms with Gasteiger partial charge in [-0.3, -0.25) is 23.6 Å². The number of hydrogen-bond acceptors (Lipinski definition) is 7. The Morgan fingerprint density at radius 2 is 2.03 bits per heavy atom. The quantitative estimate of drug-likeness (QED) is 0.451. The average molecular weight is 498 g/mol. The van der Waals surface area contributed by atoms with Crippen molar-refractivity contribution in [3.63, 3.8) is 0 Å². The summed E-state index contributed by atoms with van der Waals surface area (Å²) < 4.78 is 5.25. The summed E-state index contributed by atoms with van der Waals surface area (Å²) in [5.41, 5.74) is -0.836. The number of carbonyl (C=O) groups excluding carboxylic acids is 1. The maximum absolute atomic E-state index is 13.7. The molecule has 1 atom stereocenters. The van der Waals surface area contributed by atoms with Crippen LogP contribution in [0.25, 0.3) is 21.1 Å². The topological polar surface area (TPSA) is 112 Å². The Bertz CT molecular complexity index is 1540. The number of fused-ring (bicyclic) bond motifs is 2. The number of hydroxylamine groups is 2. The van der Waals surface area contributed by atoms with E-state index in [2.05, 4.69) is 4.98 Å². The molecule has 0 radical (unpaired) electrons. The zero-order valence-electron chi connectivity index (χ0n) is 20.0. The number of aliphatic hydroxyl groups is 1. The predicted molar refractivity (Wildman–Crippen MR) is 133 cm³/mol. The lowest BCUT2D eigenvalue weighted by Crippen LogP contribution is -2.40. The van der Waals surface area contributed by atoms with E-state index in [0.717, 1.165) is 24.9 Å². The van der Waals surface area contributed by atoms with Crippen molar-refractivity contribution in [2.24, 2.45) is 13.0 Å². The van der Waals surface area contributed by atoms with Gasteiger partial charge in [0.2, 0.25) is 0 Å². The maximum atomic E-state index is 13.7. The molecule has 0 spiro atoms. The van der Waals surface area contributed by atoms with Gasteiger partial charge < -0.3 is 9.67 Å². The number of benzene rings is 1. The van der Waals surface area contributed by atoms with Gasteiger partial charge in [-0.15, -0.1) is 11.3 Å². The van der Waals surface area contributed by atoms with Gasteiger partial charge in [0.15, 0.2) is 0 Å². The number of thiazole rings is 1. The molecule has 4 heterocycles. The van der Waals surface area contributed by atoms with Gasteiger partial charge in [-0.05, 0) is 25.0 Å². The molecule has 1 aliphatic heterocycles. The number of β-amino-alcohol motifs (C(OH)–C–C–N with tert-alkyl or cyclic N) is 1. The molecular weight excluding hydrogens is 470 g/mol. The summed E-state index contributed by atoms with van der Waals surface area (Å²) in [4.78, 5) is 50.2. The smallest absolute Gasteiger partial charge is 0.331 e. The Hall–Kier alpha value is -3.28. The monoisotopic (exact) mass is 497 g/mol. The number of para-hydroxylation sites is 1. The minimum Gasteiger partial charge on any atom is -0.386 e. The summed E-state index contributed by atoms with van der Waals surface area (Å²) in [6.07, 6.45) is 1.67. The Morgan fingerprint density at radius 3 is 2.69 bits per heavy atom. The molecule has 4 aromatic rings. The second-order valence-corrected chi connectivity index (χ2v) is 10.8.